The number of aromatic nitrogens is 3. The molecule has 10 nitrogen and oxygen atoms in total. The molecule has 1 aliphatic heterocycles. The van der Waals surface area contributed by atoms with Gasteiger partial charge in [0.15, 0.2) is 5.65 Å². The van der Waals surface area contributed by atoms with Gasteiger partial charge in [0.1, 0.15) is 5.75 Å². The van der Waals surface area contributed by atoms with E-state index >= 15 is 0 Å². The fourth-order valence-electron chi connectivity index (χ4n) is 5.48. The van der Waals surface area contributed by atoms with Gasteiger partial charge in [-0.05, 0) is 55.1 Å². The molecule has 2 N–H and O–H groups in total. The summed E-state index contributed by atoms with van der Waals surface area (Å²) in [5.41, 5.74) is 4.71. The first-order valence-corrected chi connectivity index (χ1v) is 14.8. The average Bonchev–Trinajstić information content (AvgIpc) is 3.06. The summed E-state index contributed by atoms with van der Waals surface area (Å²) in [6.07, 6.45) is 3.36. The van der Waals surface area contributed by atoms with Crippen LogP contribution in [0.15, 0.2) is 103 Å². The van der Waals surface area contributed by atoms with Gasteiger partial charge >= 0.3 is 0 Å². The zero-order valence-electron chi connectivity index (χ0n) is 25.4. The van der Waals surface area contributed by atoms with Crippen molar-refractivity contribution in [1.29, 1.82) is 0 Å². The van der Waals surface area contributed by atoms with Crippen LogP contribution in [0.2, 0.25) is 0 Å². The maximum Gasteiger partial charge on any atom is 0.260 e. The number of pyridine rings is 1. The molecule has 5 aromatic rings. The molecular weight excluding hydrogens is 566 g/mol. The molecule has 45 heavy (non-hydrogen) atoms. The topological polar surface area (TPSA) is 105 Å². The minimum absolute atomic E-state index is 0.211. The van der Waals surface area contributed by atoms with E-state index in [0.29, 0.717) is 51.8 Å². The number of methoxy groups -OCH3 is 1. The van der Waals surface area contributed by atoms with Gasteiger partial charge in [-0.25, -0.2) is 4.98 Å². The van der Waals surface area contributed by atoms with Crippen molar-refractivity contribution in [2.45, 2.75) is 6.42 Å². The predicted octanol–water partition coefficient (Wildman–Crippen LogP) is 5.00. The summed E-state index contributed by atoms with van der Waals surface area (Å²) in [5.74, 6) is 0.633. The molecule has 0 saturated carbocycles. The zero-order chi connectivity index (χ0) is 31.3. The summed E-state index contributed by atoms with van der Waals surface area (Å²) in [7, 11) is 3.77. The van der Waals surface area contributed by atoms with Crippen LogP contribution in [0.1, 0.15) is 11.1 Å². The van der Waals surface area contributed by atoms with Gasteiger partial charge in [-0.3, -0.25) is 14.2 Å². The highest BCUT2D eigenvalue weighted by Gasteiger charge is 2.18. The Morgan fingerprint density at radius 3 is 2.53 bits per heavy atom. The van der Waals surface area contributed by atoms with Crippen molar-refractivity contribution in [2.75, 3.05) is 55.9 Å². The number of carbonyl (C=O) groups is 1. The standard InChI is InChI=1S/C35H35N7O3/c1-4-32(43)37-27-11-8-12-29(21-27)42-33-26(20-25(34(42)44)19-24-9-6-5-7-10-24)23-36-35(39-33)38-30-14-13-28(22-31(30)45-3)41-17-15-40(2)16-18-41/h4-14,20-23H,1,15-19H2,2-3H3,(H,37,43)(H,36,38,39). The molecule has 3 aromatic carbocycles. The number of fused-ring (bicyclic) bond motifs is 1. The molecule has 6 rings (SSSR count). The maximum absolute atomic E-state index is 14.1. The van der Waals surface area contributed by atoms with E-state index in [-0.39, 0.29) is 11.5 Å². The Labute approximate surface area is 261 Å². The number of hydrogen-bond acceptors (Lipinski definition) is 8. The Morgan fingerprint density at radius 1 is 0.978 bits per heavy atom. The number of benzene rings is 3. The Morgan fingerprint density at radius 2 is 1.78 bits per heavy atom. The van der Waals surface area contributed by atoms with E-state index in [2.05, 4.69) is 45.1 Å². The Kier molecular flexibility index (Phi) is 8.56. The largest absolute Gasteiger partial charge is 0.494 e. The third kappa shape index (κ3) is 6.56. The van der Waals surface area contributed by atoms with Crippen LogP contribution in [-0.4, -0.2) is 65.7 Å². The minimum atomic E-state index is -0.344. The van der Waals surface area contributed by atoms with Gasteiger partial charge in [0, 0.05) is 67.2 Å². The van der Waals surface area contributed by atoms with Gasteiger partial charge in [0.25, 0.3) is 5.56 Å². The van der Waals surface area contributed by atoms with Gasteiger partial charge < -0.3 is 25.2 Å². The van der Waals surface area contributed by atoms with Crippen LogP contribution >= 0.6 is 0 Å². The average molecular weight is 602 g/mol. The summed E-state index contributed by atoms with van der Waals surface area (Å²) in [4.78, 5) is 40.2. The van der Waals surface area contributed by atoms with E-state index in [0.717, 1.165) is 37.4 Å². The molecule has 0 bridgehead atoms. The molecule has 1 amide bonds. The summed E-state index contributed by atoms with van der Waals surface area (Å²) in [6, 6.07) is 24.8. The Bertz CT molecular complexity index is 1910. The first-order chi connectivity index (χ1) is 21.9. The molecule has 1 saturated heterocycles. The lowest BCUT2D eigenvalue weighted by Gasteiger charge is -2.34. The van der Waals surface area contributed by atoms with Crippen molar-refractivity contribution in [3.8, 4) is 11.4 Å². The SMILES string of the molecule is C=CC(=O)Nc1cccc(-n2c(=O)c(Cc3ccccc3)cc3cnc(Nc4ccc(N5CCN(C)CC5)cc4OC)nc32)c1. The van der Waals surface area contributed by atoms with Crippen molar-refractivity contribution < 1.29 is 9.53 Å². The second-order valence-electron chi connectivity index (χ2n) is 11.0. The molecule has 1 aliphatic rings. The van der Waals surface area contributed by atoms with E-state index < -0.39 is 0 Å². The highest BCUT2D eigenvalue weighted by atomic mass is 16.5. The number of hydrogen-bond donors (Lipinski definition) is 2. The number of likely N-dealkylation sites (N-methyl/N-ethyl adjacent to an activating group) is 1. The summed E-state index contributed by atoms with van der Waals surface area (Å²) in [6.45, 7) is 7.43. The van der Waals surface area contributed by atoms with Crippen LogP contribution < -0.4 is 25.8 Å². The van der Waals surface area contributed by atoms with E-state index in [4.69, 9.17) is 9.72 Å². The fourth-order valence-corrected chi connectivity index (χ4v) is 5.48. The summed E-state index contributed by atoms with van der Waals surface area (Å²) in [5, 5.41) is 6.76. The van der Waals surface area contributed by atoms with Crippen LogP contribution in [0.4, 0.5) is 23.0 Å². The van der Waals surface area contributed by atoms with Gasteiger partial charge in [0.2, 0.25) is 11.9 Å². The number of amides is 1. The molecule has 0 aliphatic carbocycles. The second kappa shape index (κ2) is 13.0. The predicted molar refractivity (Wildman–Crippen MR) is 179 cm³/mol. The van der Waals surface area contributed by atoms with Gasteiger partial charge in [-0.2, -0.15) is 4.98 Å². The van der Waals surface area contributed by atoms with E-state index in [9.17, 15) is 9.59 Å². The molecule has 0 unspecified atom stereocenters. The number of carbonyl (C=O) groups excluding carboxylic acids is 1. The first-order valence-electron chi connectivity index (χ1n) is 14.8. The maximum atomic E-state index is 14.1. The smallest absolute Gasteiger partial charge is 0.260 e. The second-order valence-corrected chi connectivity index (χ2v) is 11.0. The highest BCUT2D eigenvalue weighted by molar-refractivity contribution is 5.99. The van der Waals surface area contributed by atoms with Crippen molar-refractivity contribution in [3.05, 3.63) is 119 Å². The molecule has 0 spiro atoms. The lowest BCUT2D eigenvalue weighted by Crippen LogP contribution is -2.44. The number of anilines is 4. The first kappa shape index (κ1) is 29.6. The minimum Gasteiger partial charge on any atom is -0.494 e. The number of nitrogens with one attached hydrogen (secondary N) is 2. The van der Waals surface area contributed by atoms with Crippen molar-refractivity contribution in [3.63, 3.8) is 0 Å². The van der Waals surface area contributed by atoms with Crippen LogP contribution in [0.3, 0.4) is 0 Å². The summed E-state index contributed by atoms with van der Waals surface area (Å²) < 4.78 is 7.31. The Balaban J connectivity index is 1.41. The van der Waals surface area contributed by atoms with Crippen molar-refractivity contribution in [2.24, 2.45) is 0 Å². The molecule has 0 atom stereocenters. The van der Waals surface area contributed by atoms with Crippen molar-refractivity contribution in [1.82, 2.24) is 19.4 Å². The molecule has 10 heteroatoms. The molecule has 0 radical (unpaired) electrons. The Hall–Kier alpha value is -5.48. The molecule has 1 fully saturated rings. The molecule has 2 aromatic heterocycles. The van der Waals surface area contributed by atoms with Crippen LogP contribution in [0.25, 0.3) is 16.7 Å². The zero-order valence-corrected chi connectivity index (χ0v) is 25.4. The van der Waals surface area contributed by atoms with E-state index in [1.54, 1.807) is 36.1 Å². The van der Waals surface area contributed by atoms with Crippen molar-refractivity contribution >= 4 is 40.0 Å². The number of piperazine rings is 1. The lowest BCUT2D eigenvalue weighted by molar-refractivity contribution is -0.111. The quantitative estimate of drug-likeness (QED) is 0.228. The summed E-state index contributed by atoms with van der Waals surface area (Å²) >= 11 is 0. The van der Waals surface area contributed by atoms with Crippen LogP contribution in [0, 0.1) is 0 Å². The number of ether oxygens (including phenoxy) is 1. The van der Waals surface area contributed by atoms with Crippen LogP contribution in [-0.2, 0) is 11.2 Å². The third-order valence-corrected chi connectivity index (χ3v) is 7.91. The monoisotopic (exact) mass is 601 g/mol. The number of rotatable bonds is 9. The lowest BCUT2D eigenvalue weighted by atomic mass is 10.1. The fraction of sp³-hybridized carbons (Fsp3) is 0.200. The van der Waals surface area contributed by atoms with E-state index in [1.165, 1.54) is 6.08 Å². The number of nitrogens with zero attached hydrogens (tertiary/aromatic N) is 5. The van der Waals surface area contributed by atoms with Gasteiger partial charge in [-0.15, -0.1) is 0 Å². The third-order valence-electron chi connectivity index (χ3n) is 7.91. The van der Waals surface area contributed by atoms with E-state index in [1.807, 2.05) is 54.6 Å². The van der Waals surface area contributed by atoms with Gasteiger partial charge in [0.05, 0.1) is 18.5 Å². The molecule has 3 heterocycles. The van der Waals surface area contributed by atoms with Crippen LogP contribution in [0.5, 0.6) is 5.75 Å². The normalized spacial score (nSPS) is 13.4. The van der Waals surface area contributed by atoms with Gasteiger partial charge in [-0.1, -0.05) is 43.0 Å². The highest BCUT2D eigenvalue weighted by Crippen LogP contribution is 2.32. The molecular formula is C35H35N7O3. The molecule has 228 valence electrons.